The number of nitro groups is 1. The molecule has 0 saturated carbocycles. The summed E-state index contributed by atoms with van der Waals surface area (Å²) in [4.78, 5) is 25.5. The lowest BCUT2D eigenvalue weighted by molar-refractivity contribution is -0.384. The van der Waals surface area contributed by atoms with Crippen molar-refractivity contribution in [2.45, 2.75) is 6.42 Å². The molecule has 98 valence electrons. The van der Waals surface area contributed by atoms with Crippen LogP contribution in [0.15, 0.2) is 24.3 Å². The summed E-state index contributed by atoms with van der Waals surface area (Å²) in [7, 11) is 1.53. The maximum atomic E-state index is 11.2. The maximum absolute atomic E-state index is 11.2. The molecule has 2 N–H and O–H groups in total. The van der Waals surface area contributed by atoms with Gasteiger partial charge < -0.3 is 5.32 Å². The molecule has 1 amide bonds. The quantitative estimate of drug-likeness (QED) is 0.620. The third kappa shape index (κ3) is 2.92. The van der Waals surface area contributed by atoms with Crippen LogP contribution < -0.4 is 5.32 Å². The summed E-state index contributed by atoms with van der Waals surface area (Å²) in [6, 6.07) is 6.00. The van der Waals surface area contributed by atoms with Gasteiger partial charge in [0, 0.05) is 24.7 Å². The van der Waals surface area contributed by atoms with Gasteiger partial charge in [-0.25, -0.2) is 4.98 Å². The van der Waals surface area contributed by atoms with Gasteiger partial charge >= 0.3 is 0 Å². The van der Waals surface area contributed by atoms with Crippen LogP contribution in [0, 0.1) is 10.1 Å². The lowest BCUT2D eigenvalue weighted by atomic mass is 10.2. The molecule has 8 nitrogen and oxygen atoms in total. The third-order valence-corrected chi connectivity index (χ3v) is 2.45. The van der Waals surface area contributed by atoms with Gasteiger partial charge in [-0.15, -0.1) is 0 Å². The van der Waals surface area contributed by atoms with Gasteiger partial charge in [-0.1, -0.05) is 12.1 Å². The molecule has 1 heterocycles. The van der Waals surface area contributed by atoms with E-state index in [1.165, 1.54) is 19.2 Å². The Labute approximate surface area is 108 Å². The highest BCUT2D eigenvalue weighted by molar-refractivity contribution is 5.77. The second-order valence-corrected chi connectivity index (χ2v) is 3.76. The summed E-state index contributed by atoms with van der Waals surface area (Å²) in [6.07, 6.45) is 0.0818. The van der Waals surface area contributed by atoms with Crippen LogP contribution in [-0.2, 0) is 11.2 Å². The summed E-state index contributed by atoms with van der Waals surface area (Å²) >= 11 is 0. The van der Waals surface area contributed by atoms with Crippen LogP contribution in [0.5, 0.6) is 0 Å². The van der Waals surface area contributed by atoms with Gasteiger partial charge in [0.2, 0.25) is 5.91 Å². The molecule has 0 aliphatic heterocycles. The van der Waals surface area contributed by atoms with E-state index in [9.17, 15) is 14.9 Å². The molecule has 0 saturated heterocycles. The summed E-state index contributed by atoms with van der Waals surface area (Å²) in [5, 5.41) is 19.7. The number of likely N-dealkylation sites (N-methyl/N-ethyl adjacent to an activating group) is 1. The molecule has 0 atom stereocenters. The molecule has 0 aliphatic carbocycles. The lowest BCUT2D eigenvalue weighted by Crippen LogP contribution is -2.20. The number of nitrogens with zero attached hydrogens (tertiary/aromatic N) is 3. The van der Waals surface area contributed by atoms with Crippen molar-refractivity contribution in [1.82, 2.24) is 20.5 Å². The zero-order valence-corrected chi connectivity index (χ0v) is 10.1. The molecular formula is C11H11N5O3. The lowest BCUT2D eigenvalue weighted by Gasteiger charge is -1.95. The molecule has 0 radical (unpaired) electrons. The van der Waals surface area contributed by atoms with Crippen LogP contribution in [0.1, 0.15) is 5.82 Å². The normalized spacial score (nSPS) is 10.2. The Bertz CT molecular complexity index is 622. The molecule has 0 aliphatic rings. The molecule has 8 heteroatoms. The number of benzene rings is 1. The van der Waals surface area contributed by atoms with E-state index in [4.69, 9.17) is 0 Å². The van der Waals surface area contributed by atoms with Crippen molar-refractivity contribution in [3.8, 4) is 11.4 Å². The molecule has 0 spiro atoms. The monoisotopic (exact) mass is 261 g/mol. The van der Waals surface area contributed by atoms with E-state index in [1.807, 2.05) is 0 Å². The smallest absolute Gasteiger partial charge is 0.270 e. The molecule has 1 aromatic carbocycles. The highest BCUT2D eigenvalue weighted by atomic mass is 16.6. The number of hydrogen-bond acceptors (Lipinski definition) is 5. The Kier molecular flexibility index (Phi) is 3.51. The number of aromatic amines is 1. The summed E-state index contributed by atoms with van der Waals surface area (Å²) < 4.78 is 0. The van der Waals surface area contributed by atoms with Crippen molar-refractivity contribution in [2.24, 2.45) is 0 Å². The van der Waals surface area contributed by atoms with E-state index < -0.39 is 4.92 Å². The predicted octanol–water partition coefficient (Wildman–Crippen LogP) is 0.668. The fourth-order valence-electron chi connectivity index (χ4n) is 1.50. The minimum atomic E-state index is -0.485. The van der Waals surface area contributed by atoms with Crippen molar-refractivity contribution in [1.29, 1.82) is 0 Å². The molecule has 0 fully saturated rings. The third-order valence-electron chi connectivity index (χ3n) is 2.45. The average molecular weight is 261 g/mol. The van der Waals surface area contributed by atoms with Crippen LogP contribution in [0.2, 0.25) is 0 Å². The number of amides is 1. The fourth-order valence-corrected chi connectivity index (χ4v) is 1.50. The van der Waals surface area contributed by atoms with E-state index in [2.05, 4.69) is 20.5 Å². The maximum Gasteiger partial charge on any atom is 0.270 e. The number of nitro benzene ring substituents is 1. The number of H-pyrrole nitrogens is 1. The minimum absolute atomic E-state index is 0.0323. The van der Waals surface area contributed by atoms with Crippen LogP contribution in [0.4, 0.5) is 5.69 Å². The average Bonchev–Trinajstić information content (AvgIpc) is 2.87. The van der Waals surface area contributed by atoms with Gasteiger partial charge in [0.25, 0.3) is 5.69 Å². The van der Waals surface area contributed by atoms with Gasteiger partial charge in [0.05, 0.1) is 11.3 Å². The predicted molar refractivity (Wildman–Crippen MR) is 66.2 cm³/mol. The molecule has 0 unspecified atom stereocenters. The first-order valence-electron chi connectivity index (χ1n) is 5.47. The number of aromatic nitrogens is 3. The number of hydrogen-bond donors (Lipinski definition) is 2. The number of non-ortho nitro benzene ring substituents is 1. The van der Waals surface area contributed by atoms with Gasteiger partial charge in [0.1, 0.15) is 5.82 Å². The SMILES string of the molecule is CNC(=O)Cc1nc(-c2cccc([N+](=O)[O-])c2)n[nH]1. The van der Waals surface area contributed by atoms with Crippen molar-refractivity contribution in [3.63, 3.8) is 0 Å². The fraction of sp³-hybridized carbons (Fsp3) is 0.182. The van der Waals surface area contributed by atoms with E-state index >= 15 is 0 Å². The Morgan fingerprint density at radius 2 is 2.32 bits per heavy atom. The van der Waals surface area contributed by atoms with Crippen molar-refractivity contribution in [2.75, 3.05) is 7.05 Å². The van der Waals surface area contributed by atoms with Crippen LogP contribution >= 0.6 is 0 Å². The first-order valence-corrected chi connectivity index (χ1v) is 5.47. The van der Waals surface area contributed by atoms with Gasteiger partial charge in [-0.05, 0) is 0 Å². The first kappa shape index (κ1) is 12.7. The Hall–Kier alpha value is -2.77. The van der Waals surface area contributed by atoms with Crippen molar-refractivity contribution >= 4 is 11.6 Å². The molecule has 2 aromatic rings. The molecule has 19 heavy (non-hydrogen) atoms. The Morgan fingerprint density at radius 1 is 1.53 bits per heavy atom. The Balaban J connectivity index is 2.25. The van der Waals surface area contributed by atoms with E-state index in [-0.39, 0.29) is 18.0 Å². The Morgan fingerprint density at radius 3 is 3.00 bits per heavy atom. The van der Waals surface area contributed by atoms with Gasteiger partial charge in [0.15, 0.2) is 5.82 Å². The molecule has 1 aromatic heterocycles. The van der Waals surface area contributed by atoms with E-state index in [0.29, 0.717) is 17.2 Å². The van der Waals surface area contributed by atoms with Crippen LogP contribution in [0.25, 0.3) is 11.4 Å². The molecule has 0 bridgehead atoms. The first-order chi connectivity index (χ1) is 9.10. The zero-order chi connectivity index (χ0) is 13.8. The highest BCUT2D eigenvalue weighted by Gasteiger charge is 2.12. The van der Waals surface area contributed by atoms with Gasteiger partial charge in [-0.3, -0.25) is 20.0 Å². The second-order valence-electron chi connectivity index (χ2n) is 3.76. The topological polar surface area (TPSA) is 114 Å². The summed E-state index contributed by atoms with van der Waals surface area (Å²) in [6.45, 7) is 0. The van der Waals surface area contributed by atoms with Crippen LogP contribution in [-0.4, -0.2) is 33.1 Å². The number of nitrogens with one attached hydrogen (secondary N) is 2. The summed E-state index contributed by atoms with van der Waals surface area (Å²) in [5.41, 5.74) is 0.490. The van der Waals surface area contributed by atoms with E-state index in [0.717, 1.165) is 0 Å². The standard InChI is InChI=1S/C11H11N5O3/c1-12-10(17)6-9-13-11(15-14-9)7-3-2-4-8(5-7)16(18)19/h2-5H,6H2,1H3,(H,12,17)(H,13,14,15). The minimum Gasteiger partial charge on any atom is -0.359 e. The second kappa shape index (κ2) is 5.25. The number of carbonyl (C=O) groups excluding carboxylic acids is 1. The zero-order valence-electron chi connectivity index (χ0n) is 10.1. The van der Waals surface area contributed by atoms with Gasteiger partial charge in [-0.2, -0.15) is 5.10 Å². The van der Waals surface area contributed by atoms with E-state index in [1.54, 1.807) is 12.1 Å². The molecule has 2 rings (SSSR count). The molecular weight excluding hydrogens is 250 g/mol. The largest absolute Gasteiger partial charge is 0.359 e. The van der Waals surface area contributed by atoms with Crippen molar-refractivity contribution < 1.29 is 9.72 Å². The van der Waals surface area contributed by atoms with Crippen LogP contribution in [0.3, 0.4) is 0 Å². The number of carbonyl (C=O) groups is 1. The highest BCUT2D eigenvalue weighted by Crippen LogP contribution is 2.20. The summed E-state index contributed by atoms with van der Waals surface area (Å²) in [5.74, 6) is 0.533. The number of rotatable bonds is 4. The van der Waals surface area contributed by atoms with Crippen molar-refractivity contribution in [3.05, 3.63) is 40.2 Å².